The Morgan fingerprint density at radius 3 is 2.55 bits per heavy atom. The van der Waals surface area contributed by atoms with Crippen molar-refractivity contribution in [3.05, 3.63) is 80.3 Å². The molecule has 3 aromatic rings. The van der Waals surface area contributed by atoms with Crippen LogP contribution in [0.25, 0.3) is 0 Å². The Balaban J connectivity index is 1.57. The van der Waals surface area contributed by atoms with Gasteiger partial charge in [-0.15, -0.1) is 11.3 Å². The van der Waals surface area contributed by atoms with Gasteiger partial charge in [0.2, 0.25) is 0 Å². The summed E-state index contributed by atoms with van der Waals surface area (Å²) in [4.78, 5) is 31.3. The van der Waals surface area contributed by atoms with Gasteiger partial charge in [-0.05, 0) is 55.8 Å². The predicted molar refractivity (Wildman–Crippen MR) is 115 cm³/mol. The molecule has 2 heterocycles. The fourth-order valence-corrected chi connectivity index (χ4v) is 4.64. The molecule has 0 radical (unpaired) electrons. The highest BCUT2D eigenvalue weighted by molar-refractivity contribution is 7.11. The molecule has 0 bridgehead atoms. The van der Waals surface area contributed by atoms with E-state index in [1.54, 1.807) is 6.92 Å². The molecule has 0 saturated carbocycles. The number of fused-ring (bicyclic) bond motifs is 1. The van der Waals surface area contributed by atoms with Gasteiger partial charge in [-0.25, -0.2) is 13.8 Å². The largest absolute Gasteiger partial charge is 0.352 e. The number of amides is 2. The summed E-state index contributed by atoms with van der Waals surface area (Å²) in [5, 5.41) is 3.24. The highest BCUT2D eigenvalue weighted by Crippen LogP contribution is 2.35. The topological polar surface area (TPSA) is 62.3 Å². The molecule has 0 fully saturated rings. The van der Waals surface area contributed by atoms with Crippen LogP contribution in [0.1, 0.15) is 37.1 Å². The Bertz CT molecular complexity index is 1260. The average Bonchev–Trinajstić information content (AvgIpc) is 3.15. The minimum atomic E-state index is -4.18. The van der Waals surface area contributed by atoms with Gasteiger partial charge in [0, 0.05) is 29.1 Å². The summed E-state index contributed by atoms with van der Waals surface area (Å²) in [5.74, 6) is -8.27. The lowest BCUT2D eigenvalue weighted by Gasteiger charge is -2.30. The summed E-state index contributed by atoms with van der Waals surface area (Å²) in [6.07, 6.45) is 0.337. The number of carbonyl (C=O) groups excluding carboxylic acids is 2. The molecule has 172 valence electrons. The SMILES string of the molecule is Cc1nc2c(s1)CN(C(=O)C(F)(F)c1cc(C(=O)Nc3ccc(F)c(C)c3)ccc1F)CC2. The first-order chi connectivity index (χ1) is 15.6. The number of anilines is 1. The molecule has 0 spiro atoms. The lowest BCUT2D eigenvalue weighted by Crippen LogP contribution is -2.44. The highest BCUT2D eigenvalue weighted by Gasteiger charge is 2.47. The number of aromatic nitrogens is 1. The van der Waals surface area contributed by atoms with Crippen molar-refractivity contribution < 1.29 is 27.2 Å². The van der Waals surface area contributed by atoms with E-state index in [0.717, 1.165) is 38.7 Å². The van der Waals surface area contributed by atoms with Crippen molar-refractivity contribution in [3.63, 3.8) is 0 Å². The van der Waals surface area contributed by atoms with Gasteiger partial charge in [0.25, 0.3) is 11.8 Å². The van der Waals surface area contributed by atoms with Gasteiger partial charge in [-0.3, -0.25) is 9.59 Å². The summed E-state index contributed by atoms with van der Waals surface area (Å²) >= 11 is 1.33. The molecule has 5 nitrogen and oxygen atoms in total. The van der Waals surface area contributed by atoms with Crippen LogP contribution in [-0.4, -0.2) is 28.2 Å². The molecular weight excluding hydrogens is 458 g/mol. The van der Waals surface area contributed by atoms with Crippen LogP contribution in [0.15, 0.2) is 36.4 Å². The van der Waals surface area contributed by atoms with Crippen LogP contribution >= 0.6 is 11.3 Å². The molecule has 0 atom stereocenters. The first-order valence-corrected chi connectivity index (χ1v) is 10.9. The van der Waals surface area contributed by atoms with Crippen molar-refractivity contribution in [3.8, 4) is 0 Å². The second-order valence-electron chi connectivity index (χ2n) is 7.77. The van der Waals surface area contributed by atoms with E-state index >= 15 is 8.78 Å². The molecule has 2 aromatic carbocycles. The van der Waals surface area contributed by atoms with Gasteiger partial charge in [-0.1, -0.05) is 0 Å². The third kappa shape index (κ3) is 4.47. The first kappa shape index (κ1) is 22.9. The van der Waals surface area contributed by atoms with Crippen LogP contribution in [0.4, 0.5) is 23.2 Å². The van der Waals surface area contributed by atoms with Crippen LogP contribution < -0.4 is 5.32 Å². The normalized spacial score (nSPS) is 13.6. The fraction of sp³-hybridized carbons (Fsp3) is 0.261. The van der Waals surface area contributed by atoms with Gasteiger partial charge < -0.3 is 10.2 Å². The number of hydrogen-bond acceptors (Lipinski definition) is 4. The Hall–Kier alpha value is -3.27. The van der Waals surface area contributed by atoms with Crippen LogP contribution in [0.5, 0.6) is 0 Å². The van der Waals surface area contributed by atoms with Gasteiger partial charge in [0.05, 0.1) is 22.8 Å². The second-order valence-corrected chi connectivity index (χ2v) is 9.05. The molecular formula is C23H19F4N3O2S. The maximum absolute atomic E-state index is 15.1. The lowest BCUT2D eigenvalue weighted by atomic mass is 10.0. The number of nitrogens with zero attached hydrogens (tertiary/aromatic N) is 2. The van der Waals surface area contributed by atoms with E-state index in [2.05, 4.69) is 10.3 Å². The number of alkyl halides is 2. The van der Waals surface area contributed by atoms with Crippen LogP contribution in [-0.2, 0) is 23.7 Å². The summed E-state index contributed by atoms with van der Waals surface area (Å²) in [5.41, 5.74) is -0.130. The van der Waals surface area contributed by atoms with E-state index in [9.17, 15) is 18.4 Å². The van der Waals surface area contributed by atoms with Crippen LogP contribution in [0, 0.1) is 25.5 Å². The number of thiazole rings is 1. The number of aryl methyl sites for hydroxylation is 2. The highest BCUT2D eigenvalue weighted by atomic mass is 32.1. The third-order valence-corrected chi connectivity index (χ3v) is 6.37. The Kier molecular flexibility index (Phi) is 5.96. The van der Waals surface area contributed by atoms with Crippen LogP contribution in [0.2, 0.25) is 0 Å². The smallest absolute Gasteiger partial charge is 0.332 e. The second kappa shape index (κ2) is 8.58. The Morgan fingerprint density at radius 1 is 1.09 bits per heavy atom. The van der Waals surface area contributed by atoms with Gasteiger partial charge in [0.15, 0.2) is 0 Å². The average molecular weight is 477 g/mol. The fourth-order valence-electron chi connectivity index (χ4n) is 3.64. The molecule has 0 unspecified atom stereocenters. The van der Waals surface area contributed by atoms with Gasteiger partial charge in [-0.2, -0.15) is 8.78 Å². The van der Waals surface area contributed by atoms with Crippen molar-refractivity contribution in [2.45, 2.75) is 32.7 Å². The Labute approximate surface area is 191 Å². The number of hydrogen-bond donors (Lipinski definition) is 1. The molecule has 1 aliphatic rings. The number of rotatable bonds is 4. The summed E-state index contributed by atoms with van der Waals surface area (Å²) < 4.78 is 58.1. The minimum absolute atomic E-state index is 0.0268. The number of carbonyl (C=O) groups is 2. The zero-order valence-corrected chi connectivity index (χ0v) is 18.5. The maximum Gasteiger partial charge on any atom is 0.352 e. The first-order valence-electron chi connectivity index (χ1n) is 10.1. The summed E-state index contributed by atoms with van der Waals surface area (Å²) in [6.45, 7) is 3.31. The molecule has 0 saturated heterocycles. The lowest BCUT2D eigenvalue weighted by molar-refractivity contribution is -0.160. The van der Waals surface area contributed by atoms with Gasteiger partial charge in [0.1, 0.15) is 11.6 Å². The molecule has 0 aliphatic carbocycles. The molecule has 4 rings (SSSR count). The molecule has 1 aliphatic heterocycles. The standard InChI is InChI=1S/C23H19F4N3O2S/c1-12-9-15(4-6-17(12)24)29-21(31)14-3-5-18(25)16(10-14)23(26,27)22(32)30-8-7-19-20(11-30)33-13(2)28-19/h3-6,9-10H,7-8,11H2,1-2H3,(H,29,31). The molecule has 1 N–H and O–H groups in total. The maximum atomic E-state index is 15.1. The number of nitrogens with one attached hydrogen (secondary N) is 1. The van der Waals surface area contributed by atoms with Crippen molar-refractivity contribution in [1.29, 1.82) is 0 Å². The van der Waals surface area contributed by atoms with E-state index in [4.69, 9.17) is 0 Å². The molecule has 33 heavy (non-hydrogen) atoms. The van der Waals surface area contributed by atoms with E-state index in [1.165, 1.54) is 30.4 Å². The summed E-state index contributed by atoms with van der Waals surface area (Å²) in [7, 11) is 0. The zero-order valence-electron chi connectivity index (χ0n) is 17.7. The van der Waals surface area contributed by atoms with Crippen LogP contribution in [0.3, 0.4) is 0 Å². The monoisotopic (exact) mass is 477 g/mol. The van der Waals surface area contributed by atoms with Crippen molar-refractivity contribution in [1.82, 2.24) is 9.88 Å². The molecule has 1 aromatic heterocycles. The van der Waals surface area contributed by atoms with E-state index < -0.39 is 34.9 Å². The molecule has 2 amide bonds. The predicted octanol–water partition coefficient (Wildman–Crippen LogP) is 4.97. The zero-order chi connectivity index (χ0) is 23.9. The van der Waals surface area contributed by atoms with E-state index in [0.29, 0.717) is 12.5 Å². The van der Waals surface area contributed by atoms with E-state index in [1.807, 2.05) is 0 Å². The van der Waals surface area contributed by atoms with Crippen molar-refractivity contribution in [2.24, 2.45) is 0 Å². The minimum Gasteiger partial charge on any atom is -0.332 e. The number of halogens is 4. The van der Waals surface area contributed by atoms with Gasteiger partial charge >= 0.3 is 5.92 Å². The summed E-state index contributed by atoms with van der Waals surface area (Å²) in [6, 6.07) is 6.28. The molecule has 10 heteroatoms. The Morgan fingerprint density at radius 2 is 1.82 bits per heavy atom. The number of benzene rings is 2. The third-order valence-electron chi connectivity index (χ3n) is 5.38. The van der Waals surface area contributed by atoms with E-state index in [-0.39, 0.29) is 29.9 Å². The quantitative estimate of drug-likeness (QED) is 0.540. The van der Waals surface area contributed by atoms with Crippen molar-refractivity contribution in [2.75, 3.05) is 11.9 Å². The van der Waals surface area contributed by atoms with Crippen molar-refractivity contribution >= 4 is 28.8 Å².